The van der Waals surface area contributed by atoms with E-state index in [1.54, 1.807) is 0 Å². The fraction of sp³-hybridized carbons (Fsp3) is 0.692. The molecule has 1 aliphatic rings. The predicted octanol–water partition coefficient (Wildman–Crippen LogP) is 0.245. The van der Waals surface area contributed by atoms with E-state index in [1.165, 1.54) is 0 Å². The van der Waals surface area contributed by atoms with E-state index in [-0.39, 0.29) is 6.10 Å². The number of fused-ring (bicyclic) bond motifs is 1. The van der Waals surface area contributed by atoms with Gasteiger partial charge in [0, 0.05) is 20.1 Å². The van der Waals surface area contributed by atoms with Gasteiger partial charge in [0.1, 0.15) is 5.52 Å². The Balaban J connectivity index is 1.94. The van der Waals surface area contributed by atoms with Crippen LogP contribution in [0.1, 0.15) is 12.6 Å². The number of morpholine rings is 1. The fourth-order valence-electron chi connectivity index (χ4n) is 2.86. The van der Waals surface area contributed by atoms with Crippen molar-refractivity contribution in [1.29, 1.82) is 0 Å². The predicted molar refractivity (Wildman–Crippen MR) is 77.5 cm³/mol. The lowest BCUT2D eigenvalue weighted by atomic mass is 10.3. The van der Waals surface area contributed by atoms with Crippen LogP contribution in [0.2, 0.25) is 0 Å². The molecule has 7 nitrogen and oxygen atoms in total. The van der Waals surface area contributed by atoms with Crippen molar-refractivity contribution in [3.8, 4) is 0 Å². The smallest absolute Gasteiger partial charge is 0.202 e. The van der Waals surface area contributed by atoms with E-state index in [0.717, 1.165) is 49.5 Å². The summed E-state index contributed by atoms with van der Waals surface area (Å²) in [6.45, 7) is 5.46. The number of hydrogen-bond acceptors (Lipinski definition) is 5. The van der Waals surface area contributed by atoms with Crippen molar-refractivity contribution in [2.75, 3.05) is 32.5 Å². The largest absolute Gasteiger partial charge is 0.374 e. The Morgan fingerprint density at radius 1 is 1.40 bits per heavy atom. The minimum atomic E-state index is 0.147. The second kappa shape index (κ2) is 5.06. The number of nitrogens with zero attached hydrogens (tertiary/aromatic N) is 5. The molecule has 20 heavy (non-hydrogen) atoms. The average molecular weight is 278 g/mol. The summed E-state index contributed by atoms with van der Waals surface area (Å²) in [6.07, 6.45) is 1.00. The number of hydrogen-bond donors (Lipinski definition) is 1. The van der Waals surface area contributed by atoms with Crippen molar-refractivity contribution in [3.63, 3.8) is 0 Å². The summed E-state index contributed by atoms with van der Waals surface area (Å²) in [5.41, 5.74) is 8.97. The molecule has 0 bridgehead atoms. The average Bonchev–Trinajstić information content (AvgIpc) is 2.88. The van der Waals surface area contributed by atoms with Crippen LogP contribution in [0.25, 0.3) is 11.2 Å². The van der Waals surface area contributed by atoms with Crippen LogP contribution in [0.3, 0.4) is 0 Å². The first-order valence-electron chi connectivity index (χ1n) is 7.07. The minimum absolute atomic E-state index is 0.147. The van der Waals surface area contributed by atoms with Crippen molar-refractivity contribution in [2.45, 2.75) is 26.0 Å². The zero-order valence-corrected chi connectivity index (χ0v) is 12.3. The number of aromatic nitrogens is 4. The van der Waals surface area contributed by atoms with E-state index < -0.39 is 0 Å². The molecule has 2 aromatic rings. The summed E-state index contributed by atoms with van der Waals surface area (Å²) in [6, 6.07) is 0. The van der Waals surface area contributed by atoms with Gasteiger partial charge in [-0.25, -0.2) is 4.98 Å². The number of ether oxygens (including phenoxy) is 1. The molecule has 1 aliphatic heterocycles. The summed E-state index contributed by atoms with van der Waals surface area (Å²) in [4.78, 5) is 6.75. The molecule has 110 valence electrons. The van der Waals surface area contributed by atoms with E-state index in [0.29, 0.717) is 5.95 Å². The van der Waals surface area contributed by atoms with E-state index in [2.05, 4.69) is 29.0 Å². The first-order chi connectivity index (χ1) is 9.60. The van der Waals surface area contributed by atoms with Crippen molar-refractivity contribution in [3.05, 3.63) is 5.69 Å². The molecule has 0 saturated carbocycles. The SMILES string of the molecule is CCc1nn(C)c2c1nc(N)n2CC1CN(C)CCO1. The molecule has 0 spiro atoms. The molecule has 7 heteroatoms. The van der Waals surface area contributed by atoms with Crippen LogP contribution >= 0.6 is 0 Å². The minimum Gasteiger partial charge on any atom is -0.374 e. The first-order valence-corrected chi connectivity index (χ1v) is 7.07. The maximum Gasteiger partial charge on any atom is 0.202 e. The highest BCUT2D eigenvalue weighted by molar-refractivity contribution is 5.77. The van der Waals surface area contributed by atoms with E-state index in [1.807, 2.05) is 16.3 Å². The standard InChI is InChI=1S/C13H22N6O/c1-4-10-11-12(18(3)16-10)19(13(14)15-11)8-9-7-17(2)5-6-20-9/h9H,4-8H2,1-3H3,(H2,14,15). The quantitative estimate of drug-likeness (QED) is 0.871. The number of likely N-dealkylation sites (N-methyl/N-ethyl adjacent to an activating group) is 1. The van der Waals surface area contributed by atoms with Gasteiger partial charge in [0.15, 0.2) is 5.65 Å². The number of nitrogen functional groups attached to an aromatic ring is 1. The molecule has 1 unspecified atom stereocenters. The molecule has 1 atom stereocenters. The summed E-state index contributed by atoms with van der Waals surface area (Å²) in [7, 11) is 4.05. The topological polar surface area (TPSA) is 74.1 Å². The zero-order valence-electron chi connectivity index (χ0n) is 12.3. The van der Waals surface area contributed by atoms with Gasteiger partial charge in [-0.05, 0) is 13.5 Å². The second-order valence-corrected chi connectivity index (χ2v) is 5.43. The Morgan fingerprint density at radius 2 is 2.20 bits per heavy atom. The Labute approximate surface area is 118 Å². The van der Waals surface area contributed by atoms with Gasteiger partial charge in [-0.3, -0.25) is 9.25 Å². The van der Waals surface area contributed by atoms with Crippen molar-refractivity contribution >= 4 is 17.1 Å². The number of aryl methyl sites for hydroxylation is 2. The van der Waals surface area contributed by atoms with Gasteiger partial charge < -0.3 is 15.4 Å². The number of imidazole rings is 1. The maximum absolute atomic E-state index is 6.08. The molecule has 1 saturated heterocycles. The molecular weight excluding hydrogens is 256 g/mol. The van der Waals surface area contributed by atoms with Gasteiger partial charge in [-0.1, -0.05) is 6.92 Å². The third kappa shape index (κ3) is 2.16. The van der Waals surface area contributed by atoms with Crippen LogP contribution in [0, 0.1) is 0 Å². The molecule has 0 aromatic carbocycles. The van der Waals surface area contributed by atoms with Gasteiger partial charge in [0.05, 0.1) is 24.9 Å². The van der Waals surface area contributed by atoms with Crippen LogP contribution in [-0.2, 0) is 24.8 Å². The monoisotopic (exact) mass is 278 g/mol. The highest BCUT2D eigenvalue weighted by Gasteiger charge is 2.23. The van der Waals surface area contributed by atoms with E-state index in [9.17, 15) is 0 Å². The Kier molecular flexibility index (Phi) is 3.39. The Bertz CT molecular complexity index is 616. The lowest BCUT2D eigenvalue weighted by molar-refractivity contribution is -0.0268. The van der Waals surface area contributed by atoms with E-state index >= 15 is 0 Å². The lowest BCUT2D eigenvalue weighted by Crippen LogP contribution is -2.42. The summed E-state index contributed by atoms with van der Waals surface area (Å²) >= 11 is 0. The van der Waals surface area contributed by atoms with Gasteiger partial charge in [0.2, 0.25) is 5.95 Å². The third-order valence-electron chi connectivity index (χ3n) is 3.88. The molecule has 2 N–H and O–H groups in total. The van der Waals surface area contributed by atoms with Crippen LogP contribution in [-0.4, -0.2) is 57.1 Å². The third-order valence-corrected chi connectivity index (χ3v) is 3.88. The second-order valence-electron chi connectivity index (χ2n) is 5.43. The van der Waals surface area contributed by atoms with Gasteiger partial charge >= 0.3 is 0 Å². The summed E-state index contributed by atoms with van der Waals surface area (Å²) < 4.78 is 9.71. The molecule has 0 aliphatic carbocycles. The van der Waals surface area contributed by atoms with Crippen molar-refractivity contribution in [1.82, 2.24) is 24.2 Å². The molecule has 2 aromatic heterocycles. The molecule has 3 heterocycles. The Morgan fingerprint density at radius 3 is 2.90 bits per heavy atom. The van der Waals surface area contributed by atoms with E-state index in [4.69, 9.17) is 10.5 Å². The molecule has 0 radical (unpaired) electrons. The van der Waals surface area contributed by atoms with Gasteiger partial charge in [0.25, 0.3) is 0 Å². The van der Waals surface area contributed by atoms with Crippen LogP contribution < -0.4 is 5.73 Å². The molecule has 1 fully saturated rings. The van der Waals surface area contributed by atoms with Crippen LogP contribution in [0.4, 0.5) is 5.95 Å². The van der Waals surface area contributed by atoms with Crippen LogP contribution in [0.5, 0.6) is 0 Å². The molecular formula is C13H22N6O. The number of nitrogens with two attached hydrogens (primary N) is 1. The first kappa shape index (κ1) is 13.4. The van der Waals surface area contributed by atoms with Gasteiger partial charge in [-0.15, -0.1) is 0 Å². The zero-order chi connectivity index (χ0) is 14.3. The fourth-order valence-corrected chi connectivity index (χ4v) is 2.86. The highest BCUT2D eigenvalue weighted by Crippen LogP contribution is 2.22. The molecule has 0 amide bonds. The Hall–Kier alpha value is -1.60. The van der Waals surface area contributed by atoms with Crippen LogP contribution in [0.15, 0.2) is 0 Å². The maximum atomic E-state index is 6.08. The van der Waals surface area contributed by atoms with Crippen molar-refractivity contribution in [2.24, 2.45) is 7.05 Å². The van der Waals surface area contributed by atoms with Gasteiger partial charge in [-0.2, -0.15) is 5.10 Å². The summed E-state index contributed by atoms with van der Waals surface area (Å²) in [5.74, 6) is 0.541. The van der Waals surface area contributed by atoms with Crippen molar-refractivity contribution < 1.29 is 4.74 Å². The number of anilines is 1. The highest BCUT2D eigenvalue weighted by atomic mass is 16.5. The molecule has 3 rings (SSSR count). The lowest BCUT2D eigenvalue weighted by Gasteiger charge is -2.30. The summed E-state index contributed by atoms with van der Waals surface area (Å²) in [5, 5.41) is 4.50. The number of rotatable bonds is 3. The normalized spacial score (nSPS) is 20.9.